The van der Waals surface area contributed by atoms with E-state index in [0.717, 1.165) is 33.3 Å². The summed E-state index contributed by atoms with van der Waals surface area (Å²) in [4.78, 5) is 6.63. The molecule has 0 aromatic heterocycles. The fraction of sp³-hybridized carbons (Fsp3) is 0.136. The smallest absolute Gasteiger partial charge is 0.128 e. The summed E-state index contributed by atoms with van der Waals surface area (Å²) >= 11 is 5.92. The van der Waals surface area contributed by atoms with Crippen molar-refractivity contribution in [3.63, 3.8) is 0 Å². The lowest BCUT2D eigenvalue weighted by molar-refractivity contribution is 0.306. The average Bonchev–Trinajstić information content (AvgIpc) is 2.67. The van der Waals surface area contributed by atoms with Crippen LogP contribution in [-0.2, 0) is 6.61 Å². The molecule has 3 aromatic carbocycles. The van der Waals surface area contributed by atoms with E-state index in [9.17, 15) is 0 Å². The zero-order valence-electron chi connectivity index (χ0n) is 14.9. The first-order valence-electron chi connectivity index (χ1n) is 8.39. The van der Waals surface area contributed by atoms with Gasteiger partial charge in [-0.2, -0.15) is 0 Å². The Morgan fingerprint density at radius 2 is 1.62 bits per heavy atom. The highest BCUT2D eigenvalue weighted by atomic mass is 35.5. The third-order valence-electron chi connectivity index (χ3n) is 3.95. The van der Waals surface area contributed by atoms with Crippen LogP contribution in [0.15, 0.2) is 77.8 Å². The Balaban J connectivity index is 1.71. The Hall–Kier alpha value is -2.78. The molecule has 3 aromatic rings. The predicted octanol–water partition coefficient (Wildman–Crippen LogP) is 5.74. The zero-order chi connectivity index (χ0) is 18.4. The van der Waals surface area contributed by atoms with Crippen molar-refractivity contribution >= 4 is 29.2 Å². The Kier molecular flexibility index (Phi) is 5.92. The van der Waals surface area contributed by atoms with E-state index in [4.69, 9.17) is 16.3 Å². The van der Waals surface area contributed by atoms with Crippen LogP contribution in [0.2, 0.25) is 5.02 Å². The zero-order valence-corrected chi connectivity index (χ0v) is 15.6. The van der Waals surface area contributed by atoms with Crippen LogP contribution in [0.3, 0.4) is 0 Å². The Bertz CT molecular complexity index is 871. The van der Waals surface area contributed by atoms with E-state index in [1.54, 1.807) is 0 Å². The van der Waals surface area contributed by atoms with Crippen molar-refractivity contribution in [2.24, 2.45) is 4.99 Å². The van der Waals surface area contributed by atoms with Crippen LogP contribution in [0.5, 0.6) is 5.75 Å². The van der Waals surface area contributed by atoms with E-state index in [1.165, 1.54) is 0 Å². The summed E-state index contributed by atoms with van der Waals surface area (Å²) in [7, 11) is 4.04. The Morgan fingerprint density at radius 1 is 0.923 bits per heavy atom. The molecule has 4 heteroatoms. The van der Waals surface area contributed by atoms with Gasteiger partial charge in [0.15, 0.2) is 0 Å². The van der Waals surface area contributed by atoms with Crippen LogP contribution in [0.1, 0.15) is 11.1 Å². The molecule has 0 spiro atoms. The topological polar surface area (TPSA) is 24.8 Å². The van der Waals surface area contributed by atoms with E-state index in [0.29, 0.717) is 6.61 Å². The number of halogens is 1. The summed E-state index contributed by atoms with van der Waals surface area (Å²) in [5.41, 5.74) is 4.07. The summed E-state index contributed by atoms with van der Waals surface area (Å²) in [6, 6.07) is 23.7. The summed E-state index contributed by atoms with van der Waals surface area (Å²) in [5.74, 6) is 0.802. The number of aliphatic imine (C=N–C) groups is 1. The number of hydrogen-bond donors (Lipinski definition) is 0. The summed E-state index contributed by atoms with van der Waals surface area (Å²) < 4.78 is 5.96. The molecule has 0 heterocycles. The summed E-state index contributed by atoms with van der Waals surface area (Å²) in [6.45, 7) is 0.486. The van der Waals surface area contributed by atoms with Crippen LogP contribution >= 0.6 is 11.6 Å². The van der Waals surface area contributed by atoms with Crippen LogP contribution in [-0.4, -0.2) is 20.3 Å². The largest absolute Gasteiger partial charge is 0.488 e. The number of hydrogen-bond acceptors (Lipinski definition) is 3. The summed E-state index contributed by atoms with van der Waals surface area (Å²) in [5, 5.41) is 0.724. The van der Waals surface area contributed by atoms with Crippen molar-refractivity contribution in [3.05, 3.63) is 88.9 Å². The molecular weight excluding hydrogens is 344 g/mol. The van der Waals surface area contributed by atoms with Crippen molar-refractivity contribution in [1.82, 2.24) is 0 Å². The predicted molar refractivity (Wildman–Crippen MR) is 110 cm³/mol. The highest BCUT2D eigenvalue weighted by Crippen LogP contribution is 2.21. The van der Waals surface area contributed by atoms with Gasteiger partial charge in [0, 0.05) is 36.6 Å². The van der Waals surface area contributed by atoms with E-state index in [2.05, 4.69) is 22.0 Å². The van der Waals surface area contributed by atoms with Gasteiger partial charge < -0.3 is 9.64 Å². The highest BCUT2D eigenvalue weighted by molar-refractivity contribution is 6.30. The quantitative estimate of drug-likeness (QED) is 0.521. The number of anilines is 1. The van der Waals surface area contributed by atoms with Crippen LogP contribution in [0.4, 0.5) is 11.4 Å². The lowest BCUT2D eigenvalue weighted by Crippen LogP contribution is -2.07. The molecule has 132 valence electrons. The van der Waals surface area contributed by atoms with Gasteiger partial charge in [-0.25, -0.2) is 0 Å². The molecule has 0 N–H and O–H groups in total. The first kappa shape index (κ1) is 18.0. The van der Waals surface area contributed by atoms with Gasteiger partial charge in [-0.15, -0.1) is 0 Å². The van der Waals surface area contributed by atoms with Gasteiger partial charge >= 0.3 is 0 Å². The molecule has 26 heavy (non-hydrogen) atoms. The molecule has 0 amide bonds. The van der Waals surface area contributed by atoms with Crippen molar-refractivity contribution in [2.45, 2.75) is 6.61 Å². The highest BCUT2D eigenvalue weighted by Gasteiger charge is 2.02. The van der Waals surface area contributed by atoms with Crippen molar-refractivity contribution in [3.8, 4) is 5.75 Å². The Morgan fingerprint density at radius 3 is 2.31 bits per heavy atom. The molecule has 0 fully saturated rings. The summed E-state index contributed by atoms with van der Waals surface area (Å²) in [6.07, 6.45) is 1.84. The monoisotopic (exact) mass is 364 g/mol. The molecule has 0 unspecified atom stereocenters. The van der Waals surface area contributed by atoms with Crippen LogP contribution in [0, 0.1) is 0 Å². The maximum absolute atomic E-state index is 5.96. The SMILES string of the molecule is CN(C)c1ccc(/N=C\c2ccccc2OCc2ccc(Cl)cc2)cc1. The lowest BCUT2D eigenvalue weighted by Gasteiger charge is -2.11. The van der Waals surface area contributed by atoms with Crippen LogP contribution < -0.4 is 9.64 Å². The molecule has 3 nitrogen and oxygen atoms in total. The van der Waals surface area contributed by atoms with Crippen molar-refractivity contribution < 1.29 is 4.74 Å². The molecule has 0 aliphatic carbocycles. The molecule has 0 atom stereocenters. The van der Waals surface area contributed by atoms with Crippen molar-refractivity contribution in [2.75, 3.05) is 19.0 Å². The Labute approximate surface area is 159 Å². The van der Waals surface area contributed by atoms with Gasteiger partial charge in [-0.3, -0.25) is 4.99 Å². The van der Waals surface area contributed by atoms with Gasteiger partial charge in [0.1, 0.15) is 12.4 Å². The molecule has 0 aliphatic rings. The average molecular weight is 365 g/mol. The third kappa shape index (κ3) is 4.87. The lowest BCUT2D eigenvalue weighted by atomic mass is 10.2. The molecule has 0 aliphatic heterocycles. The first-order valence-corrected chi connectivity index (χ1v) is 8.77. The minimum atomic E-state index is 0.486. The van der Waals surface area contributed by atoms with Gasteiger partial charge in [-0.05, 0) is 54.1 Å². The fourth-order valence-electron chi connectivity index (χ4n) is 2.44. The number of benzene rings is 3. The second-order valence-electron chi connectivity index (χ2n) is 6.12. The van der Waals surface area contributed by atoms with Gasteiger partial charge in [0.25, 0.3) is 0 Å². The maximum atomic E-state index is 5.96. The molecular formula is C22H21ClN2O. The fourth-order valence-corrected chi connectivity index (χ4v) is 2.57. The molecule has 0 radical (unpaired) electrons. The third-order valence-corrected chi connectivity index (χ3v) is 4.20. The van der Waals surface area contributed by atoms with Gasteiger partial charge in [-0.1, -0.05) is 35.9 Å². The minimum absolute atomic E-state index is 0.486. The van der Waals surface area contributed by atoms with Crippen LogP contribution in [0.25, 0.3) is 0 Å². The normalized spacial score (nSPS) is 10.9. The van der Waals surface area contributed by atoms with E-state index < -0.39 is 0 Å². The standard InChI is InChI=1S/C22H21ClN2O/c1-25(2)21-13-11-20(12-14-21)24-15-18-5-3-4-6-22(18)26-16-17-7-9-19(23)10-8-17/h3-15H,16H2,1-2H3/b24-15-. The van der Waals surface area contributed by atoms with Gasteiger partial charge in [0.2, 0.25) is 0 Å². The first-order chi connectivity index (χ1) is 12.6. The molecule has 0 saturated heterocycles. The van der Waals surface area contributed by atoms with E-state index in [1.807, 2.05) is 81.0 Å². The number of nitrogens with zero attached hydrogens (tertiary/aromatic N) is 2. The molecule has 0 bridgehead atoms. The number of ether oxygens (including phenoxy) is 1. The van der Waals surface area contributed by atoms with Gasteiger partial charge in [0.05, 0.1) is 5.69 Å². The van der Waals surface area contributed by atoms with E-state index >= 15 is 0 Å². The second kappa shape index (κ2) is 8.54. The van der Waals surface area contributed by atoms with Crippen molar-refractivity contribution in [1.29, 1.82) is 0 Å². The molecule has 3 rings (SSSR count). The minimum Gasteiger partial charge on any atom is -0.488 e. The van der Waals surface area contributed by atoms with E-state index in [-0.39, 0.29) is 0 Å². The molecule has 0 saturated carbocycles. The maximum Gasteiger partial charge on any atom is 0.128 e. The second-order valence-corrected chi connectivity index (χ2v) is 6.56. The number of para-hydroxylation sites is 1. The number of rotatable bonds is 6.